The van der Waals surface area contributed by atoms with E-state index in [1.807, 2.05) is 0 Å². The highest BCUT2D eigenvalue weighted by atomic mass is 79.9. The average molecular weight is 298 g/mol. The summed E-state index contributed by atoms with van der Waals surface area (Å²) in [5.41, 5.74) is 1.35. The zero-order valence-electron chi connectivity index (χ0n) is 11.0. The Bertz CT molecular complexity index is 312. The topological polar surface area (TPSA) is 12.0 Å². The lowest BCUT2D eigenvalue weighted by molar-refractivity contribution is 0.531. The molecule has 0 radical (unpaired) electrons. The molecule has 1 N–H and O–H groups in total. The molecule has 2 heteroatoms. The van der Waals surface area contributed by atoms with Crippen LogP contribution in [0, 0.1) is 0 Å². The summed E-state index contributed by atoms with van der Waals surface area (Å²) in [6, 6.07) is 8.98. The Morgan fingerprint density at radius 3 is 2.65 bits per heavy atom. The number of rotatable bonds is 8. The molecule has 0 fully saturated rings. The predicted octanol–water partition coefficient (Wildman–Crippen LogP) is 5.07. The van der Waals surface area contributed by atoms with Crippen LogP contribution in [0.25, 0.3) is 0 Å². The summed E-state index contributed by atoms with van der Waals surface area (Å²) in [4.78, 5) is 0. The number of halogens is 1. The Hall–Kier alpha value is -0.340. The van der Waals surface area contributed by atoms with Gasteiger partial charge in [0.25, 0.3) is 0 Å². The molecule has 1 unspecified atom stereocenters. The summed E-state index contributed by atoms with van der Waals surface area (Å²) >= 11 is 3.51. The second-order valence-electron chi connectivity index (χ2n) is 4.65. The van der Waals surface area contributed by atoms with Gasteiger partial charge in [-0.05, 0) is 37.6 Å². The number of benzene rings is 1. The van der Waals surface area contributed by atoms with Gasteiger partial charge in [-0.2, -0.15) is 0 Å². The van der Waals surface area contributed by atoms with Crippen molar-refractivity contribution in [3.63, 3.8) is 0 Å². The van der Waals surface area contributed by atoms with Crippen LogP contribution in [0.5, 0.6) is 0 Å². The van der Waals surface area contributed by atoms with E-state index < -0.39 is 0 Å². The molecule has 0 aliphatic heterocycles. The third kappa shape index (κ3) is 6.23. The van der Waals surface area contributed by atoms with E-state index in [2.05, 4.69) is 59.4 Å². The summed E-state index contributed by atoms with van der Waals surface area (Å²) < 4.78 is 1.16. The minimum atomic E-state index is 0.443. The van der Waals surface area contributed by atoms with E-state index in [9.17, 15) is 0 Å². The normalized spacial score (nSPS) is 12.6. The van der Waals surface area contributed by atoms with Crippen molar-refractivity contribution in [1.29, 1.82) is 0 Å². The molecule has 1 rings (SSSR count). The van der Waals surface area contributed by atoms with Gasteiger partial charge in [-0.15, -0.1) is 0 Å². The molecule has 0 aliphatic carbocycles. The molecule has 0 bridgehead atoms. The van der Waals surface area contributed by atoms with Crippen molar-refractivity contribution in [2.24, 2.45) is 0 Å². The Morgan fingerprint density at radius 2 is 1.94 bits per heavy atom. The van der Waals surface area contributed by atoms with Gasteiger partial charge < -0.3 is 5.32 Å². The first-order chi connectivity index (χ1) is 8.24. The maximum Gasteiger partial charge on any atom is 0.0292 e. The summed E-state index contributed by atoms with van der Waals surface area (Å²) in [6.45, 7) is 5.61. The predicted molar refractivity (Wildman–Crippen MR) is 79.3 cm³/mol. The fourth-order valence-corrected chi connectivity index (χ4v) is 2.36. The smallest absolute Gasteiger partial charge is 0.0292 e. The molecule has 17 heavy (non-hydrogen) atoms. The van der Waals surface area contributed by atoms with Crippen molar-refractivity contribution in [2.75, 3.05) is 6.54 Å². The van der Waals surface area contributed by atoms with E-state index in [0.717, 1.165) is 11.0 Å². The highest BCUT2D eigenvalue weighted by Crippen LogP contribution is 2.17. The van der Waals surface area contributed by atoms with Crippen LogP contribution in [-0.2, 0) is 0 Å². The van der Waals surface area contributed by atoms with Crippen molar-refractivity contribution in [2.45, 2.75) is 52.0 Å². The van der Waals surface area contributed by atoms with Crippen LogP contribution in [0.3, 0.4) is 0 Å². The number of unbranched alkanes of at least 4 members (excludes halogenated alkanes) is 4. The molecule has 1 nitrogen and oxygen atoms in total. The van der Waals surface area contributed by atoms with Crippen LogP contribution in [-0.4, -0.2) is 6.54 Å². The first kappa shape index (κ1) is 14.7. The van der Waals surface area contributed by atoms with Crippen molar-refractivity contribution < 1.29 is 0 Å². The molecule has 96 valence electrons. The number of nitrogens with one attached hydrogen (secondary N) is 1. The first-order valence-corrected chi connectivity index (χ1v) is 7.52. The van der Waals surface area contributed by atoms with Gasteiger partial charge in [0.1, 0.15) is 0 Å². The maximum absolute atomic E-state index is 3.58. The lowest BCUT2D eigenvalue weighted by Crippen LogP contribution is -2.19. The molecule has 0 saturated heterocycles. The molecular formula is C15H24BrN. The second-order valence-corrected chi connectivity index (χ2v) is 5.56. The van der Waals surface area contributed by atoms with Crippen molar-refractivity contribution >= 4 is 15.9 Å². The van der Waals surface area contributed by atoms with Gasteiger partial charge >= 0.3 is 0 Å². The summed E-state index contributed by atoms with van der Waals surface area (Å²) in [7, 11) is 0. The van der Waals surface area contributed by atoms with Crippen LogP contribution in [0.4, 0.5) is 0 Å². The van der Waals surface area contributed by atoms with Gasteiger partial charge in [0.15, 0.2) is 0 Å². The molecule has 0 heterocycles. The van der Waals surface area contributed by atoms with E-state index in [-0.39, 0.29) is 0 Å². The van der Waals surface area contributed by atoms with E-state index >= 15 is 0 Å². The van der Waals surface area contributed by atoms with Crippen LogP contribution < -0.4 is 5.32 Å². The minimum absolute atomic E-state index is 0.443. The van der Waals surface area contributed by atoms with Gasteiger partial charge in [-0.1, -0.05) is 60.7 Å². The molecule has 1 aromatic rings. The van der Waals surface area contributed by atoms with Gasteiger partial charge in [0.05, 0.1) is 0 Å². The van der Waals surface area contributed by atoms with E-state index in [4.69, 9.17) is 0 Å². The Balaban J connectivity index is 2.19. The van der Waals surface area contributed by atoms with Gasteiger partial charge in [0.2, 0.25) is 0 Å². The monoisotopic (exact) mass is 297 g/mol. The SMILES string of the molecule is CCCCCCCNC(C)c1cccc(Br)c1. The number of hydrogen-bond donors (Lipinski definition) is 1. The van der Waals surface area contributed by atoms with Gasteiger partial charge in [-0.3, -0.25) is 0 Å². The molecular weight excluding hydrogens is 274 g/mol. The highest BCUT2D eigenvalue weighted by Gasteiger charge is 2.03. The number of hydrogen-bond acceptors (Lipinski definition) is 1. The molecule has 0 spiro atoms. The zero-order valence-corrected chi connectivity index (χ0v) is 12.6. The molecule has 1 aromatic carbocycles. The summed E-state index contributed by atoms with van der Waals surface area (Å²) in [6.07, 6.45) is 6.72. The van der Waals surface area contributed by atoms with Gasteiger partial charge in [0, 0.05) is 10.5 Å². The van der Waals surface area contributed by atoms with Crippen LogP contribution >= 0.6 is 15.9 Å². The summed E-state index contributed by atoms with van der Waals surface area (Å²) in [5, 5.41) is 3.58. The van der Waals surface area contributed by atoms with Crippen molar-refractivity contribution in [3.05, 3.63) is 34.3 Å². The average Bonchev–Trinajstić information content (AvgIpc) is 2.33. The molecule has 0 aliphatic rings. The maximum atomic E-state index is 3.58. The van der Waals surface area contributed by atoms with Crippen LogP contribution in [0.15, 0.2) is 28.7 Å². The van der Waals surface area contributed by atoms with E-state index in [1.54, 1.807) is 0 Å². The van der Waals surface area contributed by atoms with Crippen molar-refractivity contribution in [3.8, 4) is 0 Å². The molecule has 0 aromatic heterocycles. The largest absolute Gasteiger partial charge is 0.310 e. The fraction of sp³-hybridized carbons (Fsp3) is 0.600. The standard InChI is InChI=1S/C15H24BrN/c1-3-4-5-6-7-11-17-13(2)14-9-8-10-15(16)12-14/h8-10,12-13,17H,3-7,11H2,1-2H3. The lowest BCUT2D eigenvalue weighted by atomic mass is 10.1. The minimum Gasteiger partial charge on any atom is -0.310 e. The Labute approximate surface area is 114 Å². The van der Waals surface area contributed by atoms with Crippen LogP contribution in [0.1, 0.15) is 57.6 Å². The zero-order chi connectivity index (χ0) is 12.5. The third-order valence-corrected chi connectivity index (χ3v) is 3.57. The van der Waals surface area contributed by atoms with Gasteiger partial charge in [-0.25, -0.2) is 0 Å². The second kappa shape index (κ2) is 8.71. The summed E-state index contributed by atoms with van der Waals surface area (Å²) in [5.74, 6) is 0. The fourth-order valence-electron chi connectivity index (χ4n) is 1.94. The third-order valence-electron chi connectivity index (χ3n) is 3.08. The highest BCUT2D eigenvalue weighted by molar-refractivity contribution is 9.10. The van der Waals surface area contributed by atoms with Crippen LogP contribution in [0.2, 0.25) is 0 Å². The quantitative estimate of drug-likeness (QED) is 0.661. The Kier molecular flexibility index (Phi) is 7.54. The first-order valence-electron chi connectivity index (χ1n) is 6.73. The van der Waals surface area contributed by atoms with Crippen molar-refractivity contribution in [1.82, 2.24) is 5.32 Å². The molecule has 0 amide bonds. The Morgan fingerprint density at radius 1 is 1.18 bits per heavy atom. The lowest BCUT2D eigenvalue weighted by Gasteiger charge is -2.14. The molecule has 1 atom stereocenters. The van der Waals surface area contributed by atoms with E-state index in [1.165, 1.54) is 37.7 Å². The van der Waals surface area contributed by atoms with E-state index in [0.29, 0.717) is 6.04 Å². The molecule has 0 saturated carbocycles.